The third-order valence-corrected chi connectivity index (χ3v) is 13.1. The molecule has 4 aliphatic carbocycles. The molecule has 4 aliphatic rings. The number of aromatic nitrogens is 1. The predicted octanol–water partition coefficient (Wildman–Crippen LogP) is 10.2. The fourth-order valence-electron chi connectivity index (χ4n) is 10.3. The normalized spacial score (nSPS) is 37.4. The molecule has 0 bridgehead atoms. The first-order valence-corrected chi connectivity index (χ1v) is 16.0. The molecule has 0 radical (unpaired) electrons. The summed E-state index contributed by atoms with van der Waals surface area (Å²) in [6.07, 6.45) is 14.6. The van der Waals surface area contributed by atoms with Crippen LogP contribution in [0.4, 0.5) is 0 Å². The number of allylic oxidation sites excluding steroid dienone is 2. The highest BCUT2D eigenvalue weighted by atomic mass is 35.5. The summed E-state index contributed by atoms with van der Waals surface area (Å²) >= 11 is 6.38. The Labute approximate surface area is 250 Å². The molecule has 3 aromatic rings. The highest BCUT2D eigenvalue weighted by molar-refractivity contribution is 6.31. The Morgan fingerprint density at radius 3 is 2.54 bits per heavy atom. The first-order chi connectivity index (χ1) is 19.4. The number of aryl methyl sites for hydroxylation is 1. The van der Waals surface area contributed by atoms with Crippen LogP contribution in [0.5, 0.6) is 0 Å². The lowest BCUT2D eigenvalue weighted by Crippen LogP contribution is -2.61. The Morgan fingerprint density at radius 1 is 1.02 bits per heavy atom. The molecular weight excluding hydrogens is 526 g/mol. The molecule has 0 aliphatic heterocycles. The fourth-order valence-corrected chi connectivity index (χ4v) is 10.5. The molecule has 218 valence electrons. The average Bonchev–Trinajstić information content (AvgIpc) is 3.35. The van der Waals surface area contributed by atoms with Gasteiger partial charge < -0.3 is 10.1 Å². The van der Waals surface area contributed by atoms with Crippen molar-refractivity contribution in [1.82, 2.24) is 4.98 Å². The van der Waals surface area contributed by atoms with Gasteiger partial charge in [-0.15, -0.1) is 0 Å². The van der Waals surface area contributed by atoms with E-state index >= 15 is 0 Å². The van der Waals surface area contributed by atoms with Crippen molar-refractivity contribution in [2.24, 2.45) is 28.1 Å². The minimum atomic E-state index is -0.250. The number of halogens is 1. The molecule has 0 saturated heterocycles. The lowest BCUT2D eigenvalue weighted by Gasteiger charge is -2.69. The van der Waals surface area contributed by atoms with Gasteiger partial charge in [0.15, 0.2) is 0 Å². The van der Waals surface area contributed by atoms with Crippen LogP contribution < -0.4 is 0 Å². The van der Waals surface area contributed by atoms with Gasteiger partial charge in [0.2, 0.25) is 0 Å². The Bertz CT molecular complexity index is 1540. The number of H-pyrrole nitrogens is 1. The van der Waals surface area contributed by atoms with Gasteiger partial charge in [0, 0.05) is 33.5 Å². The van der Waals surface area contributed by atoms with Gasteiger partial charge in [-0.05, 0) is 108 Å². The summed E-state index contributed by atoms with van der Waals surface area (Å²) in [5, 5.41) is 8.98. The van der Waals surface area contributed by atoms with Crippen molar-refractivity contribution in [1.29, 1.82) is 0 Å². The van der Waals surface area contributed by atoms with E-state index < -0.39 is 0 Å². The topological polar surface area (TPSA) is 53.1 Å². The molecule has 3 fully saturated rings. The Morgan fingerprint density at radius 2 is 1.78 bits per heavy atom. The molecular formula is C37H46ClNO2. The van der Waals surface area contributed by atoms with Crippen LogP contribution in [0.25, 0.3) is 10.9 Å². The van der Waals surface area contributed by atoms with Crippen LogP contribution in [-0.4, -0.2) is 16.6 Å². The largest absolute Gasteiger partial charge is 0.483 e. The number of benzene rings is 2. The summed E-state index contributed by atoms with van der Waals surface area (Å²) in [6, 6.07) is 13.4. The van der Waals surface area contributed by atoms with Gasteiger partial charge in [0.1, 0.15) is 0 Å². The van der Waals surface area contributed by atoms with E-state index in [2.05, 4.69) is 89.1 Å². The van der Waals surface area contributed by atoms with Crippen LogP contribution in [-0.2, 0) is 10.2 Å². The Kier molecular flexibility index (Phi) is 6.81. The minimum absolute atomic E-state index is 0.107. The third-order valence-electron chi connectivity index (χ3n) is 12.8. The van der Waals surface area contributed by atoms with Crippen molar-refractivity contribution in [2.45, 2.75) is 97.8 Å². The zero-order valence-corrected chi connectivity index (χ0v) is 26.4. The van der Waals surface area contributed by atoms with Crippen molar-refractivity contribution in [2.75, 3.05) is 0 Å². The van der Waals surface area contributed by atoms with Crippen molar-refractivity contribution >= 4 is 29.0 Å². The van der Waals surface area contributed by atoms with E-state index in [1.165, 1.54) is 67.0 Å². The monoisotopic (exact) mass is 571 g/mol. The first-order valence-electron chi connectivity index (χ1n) is 15.6. The zero-order chi connectivity index (χ0) is 29.4. The second-order valence-electron chi connectivity index (χ2n) is 14.8. The molecule has 2 aromatic carbocycles. The lowest BCUT2D eigenvalue weighted by atomic mass is 9.35. The summed E-state index contributed by atoms with van der Waals surface area (Å²) in [4.78, 5) is 11.9. The molecule has 3 saturated carbocycles. The van der Waals surface area contributed by atoms with Gasteiger partial charge >= 0.3 is 0 Å². The highest BCUT2D eigenvalue weighted by Crippen LogP contribution is 2.74. The van der Waals surface area contributed by atoms with Crippen molar-refractivity contribution in [3.05, 3.63) is 81.5 Å². The maximum Gasteiger partial charge on any atom is 0.290 e. The van der Waals surface area contributed by atoms with Crippen LogP contribution in [0.1, 0.15) is 108 Å². The predicted molar refractivity (Wildman–Crippen MR) is 170 cm³/mol. The van der Waals surface area contributed by atoms with Crippen LogP contribution in [0.2, 0.25) is 5.02 Å². The van der Waals surface area contributed by atoms with Crippen LogP contribution in [0, 0.1) is 35.0 Å². The molecule has 41 heavy (non-hydrogen) atoms. The zero-order valence-electron chi connectivity index (χ0n) is 25.6. The number of hydrogen-bond donors (Lipinski definition) is 2. The van der Waals surface area contributed by atoms with Crippen molar-refractivity contribution in [3.63, 3.8) is 0 Å². The van der Waals surface area contributed by atoms with Gasteiger partial charge in [0.05, 0.1) is 0 Å². The second kappa shape index (κ2) is 9.76. The standard InChI is InChI=1S/C36H44ClN.CH2O2/c1-22-12-13-33(3)14-16-36(6)31-20-26(27-21-38-29-19-24(37)10-11-25(27)29)32-23(2)8-7-9-28(32)34(31,4)15-17-35(36,5)30(33)18-22;2-1-3/h7-11,19-22,26,30,38H,12-18H2,1-6H3;1H,(H,2,3)/t22-,26-,30+,33+,34-,35-,36+;/m0./s1. The van der Waals surface area contributed by atoms with Gasteiger partial charge in [-0.2, -0.15) is 0 Å². The SMILES string of the molecule is Cc1cccc2c1[C@H](c1c[nH]c3cc(Cl)ccc13)C=C1[C@@]2(C)CC[C@@]2(C)[C@@H]3C[C@@H](C)CC[C@]3(C)CC[C@]12C.O=CO. The van der Waals surface area contributed by atoms with Crippen LogP contribution in [0.15, 0.2) is 54.2 Å². The number of aromatic amines is 1. The number of fused-ring (bicyclic) bond motifs is 8. The molecule has 4 heteroatoms. The molecule has 0 spiro atoms. The van der Waals surface area contributed by atoms with E-state index in [0.717, 1.165) is 22.4 Å². The number of hydrogen-bond acceptors (Lipinski definition) is 1. The number of rotatable bonds is 1. The molecule has 0 unspecified atom stereocenters. The molecule has 1 aromatic heterocycles. The van der Waals surface area contributed by atoms with Crippen LogP contribution in [0.3, 0.4) is 0 Å². The molecule has 7 rings (SSSR count). The van der Waals surface area contributed by atoms with E-state index in [-0.39, 0.29) is 23.2 Å². The van der Waals surface area contributed by atoms with E-state index in [1.54, 1.807) is 11.1 Å². The fraction of sp³-hybridized carbons (Fsp3) is 0.541. The van der Waals surface area contributed by atoms with Crippen LogP contribution >= 0.6 is 11.6 Å². The summed E-state index contributed by atoms with van der Waals surface area (Å²) in [5.74, 6) is 1.94. The molecule has 7 atom stereocenters. The first kappa shape index (κ1) is 28.6. The molecule has 1 heterocycles. The quantitative estimate of drug-likeness (QED) is 0.225. The Balaban J connectivity index is 0.000000967. The van der Waals surface area contributed by atoms with Gasteiger partial charge in [0.25, 0.3) is 6.47 Å². The van der Waals surface area contributed by atoms with Crippen molar-refractivity contribution < 1.29 is 9.90 Å². The summed E-state index contributed by atoms with van der Waals surface area (Å²) in [6.45, 7) is 15.2. The highest BCUT2D eigenvalue weighted by Gasteiger charge is 2.65. The summed E-state index contributed by atoms with van der Waals surface area (Å²) in [5.41, 5.74) is 9.99. The van der Waals surface area contributed by atoms with Crippen molar-refractivity contribution in [3.8, 4) is 0 Å². The van der Waals surface area contributed by atoms with E-state index in [4.69, 9.17) is 21.5 Å². The molecule has 0 amide bonds. The average molecular weight is 572 g/mol. The molecule has 2 N–H and O–H groups in total. The minimum Gasteiger partial charge on any atom is -0.483 e. The number of carboxylic acid groups (broad SMARTS) is 1. The van der Waals surface area contributed by atoms with Gasteiger partial charge in [-0.3, -0.25) is 4.79 Å². The van der Waals surface area contributed by atoms with E-state index in [1.807, 2.05) is 6.07 Å². The second-order valence-corrected chi connectivity index (χ2v) is 15.2. The third kappa shape index (κ3) is 4.01. The Hall–Kier alpha value is -2.52. The summed E-state index contributed by atoms with van der Waals surface area (Å²) in [7, 11) is 0. The number of nitrogens with one attached hydrogen (secondary N) is 1. The molecule has 3 nitrogen and oxygen atoms in total. The van der Waals surface area contributed by atoms with Gasteiger partial charge in [-0.25, -0.2) is 0 Å². The number of carbonyl (C=O) groups is 1. The van der Waals surface area contributed by atoms with E-state index in [9.17, 15) is 0 Å². The van der Waals surface area contributed by atoms with E-state index in [0.29, 0.717) is 10.8 Å². The maximum absolute atomic E-state index is 8.36. The lowest BCUT2D eigenvalue weighted by molar-refractivity contribution is -0.145. The summed E-state index contributed by atoms with van der Waals surface area (Å²) < 4.78 is 0. The smallest absolute Gasteiger partial charge is 0.290 e. The van der Waals surface area contributed by atoms with Gasteiger partial charge in [-0.1, -0.05) is 88.6 Å². The maximum atomic E-state index is 8.36.